The molecule has 17 heavy (non-hydrogen) atoms. The third-order valence-electron chi connectivity index (χ3n) is 5.14. The summed E-state index contributed by atoms with van der Waals surface area (Å²) in [4.78, 5) is 0. The molecule has 2 saturated carbocycles. The van der Waals surface area contributed by atoms with Gasteiger partial charge in [0.05, 0.1) is 0 Å². The molecule has 2 aliphatic rings. The molecule has 0 saturated heterocycles. The summed E-state index contributed by atoms with van der Waals surface area (Å²) >= 11 is 5.14. The molecule has 3 nitrogen and oxygen atoms in total. The first kappa shape index (κ1) is 12.8. The number of fused-ring (bicyclic) bond motifs is 2. The van der Waals surface area contributed by atoms with Gasteiger partial charge in [-0.3, -0.25) is 5.43 Å². The zero-order chi connectivity index (χ0) is 12.7. The fourth-order valence-corrected chi connectivity index (χ4v) is 3.61. The van der Waals surface area contributed by atoms with Crippen LogP contribution in [-0.2, 0) is 0 Å². The summed E-state index contributed by atoms with van der Waals surface area (Å²) in [6, 6.07) is 0. The van der Waals surface area contributed by atoms with Gasteiger partial charge in [0.1, 0.15) is 0 Å². The molecule has 96 valence electrons. The van der Waals surface area contributed by atoms with Crippen molar-refractivity contribution in [3.05, 3.63) is 0 Å². The van der Waals surface area contributed by atoms with Crippen molar-refractivity contribution < 1.29 is 0 Å². The molecular weight excluding hydrogens is 230 g/mol. The Morgan fingerprint density at radius 1 is 1.47 bits per heavy atom. The van der Waals surface area contributed by atoms with Gasteiger partial charge in [0.25, 0.3) is 0 Å². The Hall–Kier alpha value is -0.640. The Labute approximate surface area is 109 Å². The molecule has 0 aromatic heterocycles. The van der Waals surface area contributed by atoms with Gasteiger partial charge in [-0.1, -0.05) is 20.8 Å². The summed E-state index contributed by atoms with van der Waals surface area (Å²) in [5.41, 5.74) is 4.92. The van der Waals surface area contributed by atoms with E-state index in [0.29, 0.717) is 10.5 Å². The first-order chi connectivity index (χ1) is 7.91. The first-order valence-electron chi connectivity index (χ1n) is 6.52. The zero-order valence-electron chi connectivity index (χ0n) is 11.3. The van der Waals surface area contributed by atoms with E-state index in [1.165, 1.54) is 18.6 Å². The van der Waals surface area contributed by atoms with Crippen molar-refractivity contribution in [3.63, 3.8) is 0 Å². The molecule has 4 heteroatoms. The summed E-state index contributed by atoms with van der Waals surface area (Å²) in [6.45, 7) is 9.99. The molecule has 2 atom stereocenters. The van der Waals surface area contributed by atoms with Gasteiger partial charge in [0.2, 0.25) is 0 Å². The molecule has 2 N–H and O–H groups in total. The number of nitrogens with zero attached hydrogens (tertiary/aromatic N) is 1. The van der Waals surface area contributed by atoms with Crippen LogP contribution in [0.5, 0.6) is 0 Å². The van der Waals surface area contributed by atoms with Crippen LogP contribution in [0.4, 0.5) is 0 Å². The number of hydrogen-bond donors (Lipinski definition) is 2. The van der Waals surface area contributed by atoms with Crippen molar-refractivity contribution in [2.24, 2.45) is 21.8 Å². The predicted octanol–water partition coefficient (Wildman–Crippen LogP) is 2.67. The van der Waals surface area contributed by atoms with Crippen LogP contribution in [0.25, 0.3) is 0 Å². The van der Waals surface area contributed by atoms with E-state index in [4.69, 9.17) is 12.2 Å². The summed E-state index contributed by atoms with van der Waals surface area (Å²) in [5.74, 6) is 0.792. The van der Waals surface area contributed by atoms with Crippen molar-refractivity contribution in [1.82, 2.24) is 10.7 Å². The second-order valence-corrected chi connectivity index (χ2v) is 6.43. The van der Waals surface area contributed by atoms with E-state index in [9.17, 15) is 0 Å². The molecule has 0 aromatic rings. The highest BCUT2D eigenvalue weighted by atomic mass is 32.1. The number of hydrogen-bond acceptors (Lipinski definition) is 2. The van der Waals surface area contributed by atoms with Crippen molar-refractivity contribution in [3.8, 4) is 0 Å². The molecule has 2 bridgehead atoms. The van der Waals surface area contributed by atoms with Crippen LogP contribution in [-0.4, -0.2) is 17.4 Å². The normalized spacial score (nSPS) is 36.2. The average Bonchev–Trinajstić information content (AvgIpc) is 2.59. The highest BCUT2D eigenvalue weighted by Gasteiger charge is 2.59. The second-order valence-electron chi connectivity index (χ2n) is 6.02. The van der Waals surface area contributed by atoms with Gasteiger partial charge < -0.3 is 5.32 Å². The van der Waals surface area contributed by atoms with Gasteiger partial charge >= 0.3 is 0 Å². The SMILES string of the molecule is CCNC(=S)N/N=C1/C[C@@H]2CC[C@@]1(C)C2(C)C. The lowest BCUT2D eigenvalue weighted by molar-refractivity contribution is 0.193. The van der Waals surface area contributed by atoms with E-state index in [1.54, 1.807) is 0 Å². The smallest absolute Gasteiger partial charge is 0.186 e. The van der Waals surface area contributed by atoms with E-state index < -0.39 is 0 Å². The van der Waals surface area contributed by atoms with Crippen molar-refractivity contribution in [2.75, 3.05) is 6.54 Å². The van der Waals surface area contributed by atoms with Crippen molar-refractivity contribution in [1.29, 1.82) is 0 Å². The molecule has 0 aromatic carbocycles. The lowest BCUT2D eigenvalue weighted by Crippen LogP contribution is -2.36. The molecule has 2 aliphatic carbocycles. The summed E-state index contributed by atoms with van der Waals surface area (Å²) in [7, 11) is 0. The van der Waals surface area contributed by atoms with Gasteiger partial charge in [0.15, 0.2) is 5.11 Å². The van der Waals surface area contributed by atoms with E-state index in [-0.39, 0.29) is 5.41 Å². The van der Waals surface area contributed by atoms with Crippen LogP contribution in [0.15, 0.2) is 5.10 Å². The van der Waals surface area contributed by atoms with Gasteiger partial charge in [0, 0.05) is 17.7 Å². The van der Waals surface area contributed by atoms with Crippen LogP contribution in [0.3, 0.4) is 0 Å². The Morgan fingerprint density at radius 2 is 2.18 bits per heavy atom. The molecule has 0 spiro atoms. The maximum atomic E-state index is 5.14. The second kappa shape index (κ2) is 4.23. The Balaban J connectivity index is 2.10. The fraction of sp³-hybridized carbons (Fsp3) is 0.846. The van der Waals surface area contributed by atoms with E-state index in [1.807, 2.05) is 6.92 Å². The van der Waals surface area contributed by atoms with E-state index >= 15 is 0 Å². The summed E-state index contributed by atoms with van der Waals surface area (Å²) in [5, 5.41) is 8.24. The summed E-state index contributed by atoms with van der Waals surface area (Å²) in [6.07, 6.45) is 3.74. The minimum absolute atomic E-state index is 0.256. The lowest BCUT2D eigenvalue weighted by atomic mass is 9.70. The highest BCUT2D eigenvalue weighted by molar-refractivity contribution is 7.80. The van der Waals surface area contributed by atoms with Crippen LogP contribution >= 0.6 is 12.2 Å². The van der Waals surface area contributed by atoms with Crippen LogP contribution < -0.4 is 10.7 Å². The highest BCUT2D eigenvalue weighted by Crippen LogP contribution is 2.63. The largest absolute Gasteiger partial charge is 0.362 e. The zero-order valence-corrected chi connectivity index (χ0v) is 12.1. The van der Waals surface area contributed by atoms with Crippen molar-refractivity contribution in [2.45, 2.75) is 47.0 Å². The standard InChI is InChI=1S/C13H23N3S/c1-5-14-11(17)16-15-10-8-9-6-7-13(10,4)12(9,2)3/h9H,5-8H2,1-4H3,(H2,14,16,17)/b15-10-/t9-,13+/m0/s1. The quantitative estimate of drug-likeness (QED) is 0.587. The minimum atomic E-state index is 0.256. The van der Waals surface area contributed by atoms with Gasteiger partial charge in [-0.2, -0.15) is 5.10 Å². The molecule has 2 rings (SSSR count). The third-order valence-corrected chi connectivity index (χ3v) is 5.38. The molecule has 0 amide bonds. The summed E-state index contributed by atoms with van der Waals surface area (Å²) < 4.78 is 0. The van der Waals surface area contributed by atoms with Crippen molar-refractivity contribution >= 4 is 23.0 Å². The molecule has 0 unspecified atom stereocenters. The molecule has 0 aliphatic heterocycles. The Bertz CT molecular complexity index is 362. The number of hydrazone groups is 1. The number of thiocarbonyl (C=S) groups is 1. The van der Waals surface area contributed by atoms with E-state index in [2.05, 4.69) is 36.6 Å². The molecule has 2 fully saturated rings. The van der Waals surface area contributed by atoms with Gasteiger partial charge in [-0.15, -0.1) is 0 Å². The Morgan fingerprint density at radius 3 is 2.65 bits per heavy atom. The fourth-order valence-electron chi connectivity index (χ4n) is 3.42. The maximum absolute atomic E-state index is 5.14. The molecule has 0 radical (unpaired) electrons. The molecular formula is C13H23N3S. The first-order valence-corrected chi connectivity index (χ1v) is 6.93. The van der Waals surface area contributed by atoms with Gasteiger partial charge in [-0.25, -0.2) is 0 Å². The maximum Gasteiger partial charge on any atom is 0.186 e. The van der Waals surface area contributed by atoms with Crippen LogP contribution in [0, 0.1) is 16.7 Å². The Kier molecular flexibility index (Phi) is 3.19. The molecule has 0 heterocycles. The monoisotopic (exact) mass is 253 g/mol. The number of rotatable bonds is 2. The predicted molar refractivity (Wildman–Crippen MR) is 76.1 cm³/mol. The van der Waals surface area contributed by atoms with Crippen LogP contribution in [0.2, 0.25) is 0 Å². The topological polar surface area (TPSA) is 36.4 Å². The van der Waals surface area contributed by atoms with Crippen LogP contribution in [0.1, 0.15) is 47.0 Å². The average molecular weight is 253 g/mol. The van der Waals surface area contributed by atoms with Gasteiger partial charge in [-0.05, 0) is 49.7 Å². The van der Waals surface area contributed by atoms with E-state index in [0.717, 1.165) is 18.9 Å². The lowest BCUT2D eigenvalue weighted by Gasteiger charge is -2.34. The minimum Gasteiger partial charge on any atom is -0.362 e. The third kappa shape index (κ3) is 1.86. The number of nitrogens with one attached hydrogen (secondary N) is 2.